The molecule has 0 radical (unpaired) electrons. The zero-order valence-corrected chi connectivity index (χ0v) is 12.0. The van der Waals surface area contributed by atoms with Crippen molar-refractivity contribution in [2.45, 2.75) is 45.1 Å². The summed E-state index contributed by atoms with van der Waals surface area (Å²) < 4.78 is 5.58. The largest absolute Gasteiger partial charge is 0.478 e. The van der Waals surface area contributed by atoms with Crippen molar-refractivity contribution in [2.75, 3.05) is 18.5 Å². The molecule has 0 spiro atoms. The fraction of sp³-hybridized carbons (Fsp3) is 0.600. The van der Waals surface area contributed by atoms with E-state index in [1.165, 1.54) is 6.42 Å². The van der Waals surface area contributed by atoms with Crippen molar-refractivity contribution in [2.24, 2.45) is 0 Å². The fourth-order valence-electron chi connectivity index (χ4n) is 2.22. The molecule has 0 saturated carbocycles. The van der Waals surface area contributed by atoms with Crippen molar-refractivity contribution >= 4 is 11.7 Å². The highest BCUT2D eigenvalue weighted by molar-refractivity contribution is 5.94. The van der Waals surface area contributed by atoms with Crippen LogP contribution in [-0.4, -0.2) is 30.1 Å². The summed E-state index contributed by atoms with van der Waals surface area (Å²) in [4.78, 5) is 16.3. The first kappa shape index (κ1) is 14.8. The molecule has 1 atom stereocenters. The Morgan fingerprint density at radius 2 is 2.40 bits per heavy atom. The van der Waals surface area contributed by atoms with Gasteiger partial charge in [0.15, 0.2) is 0 Å². The molecule has 2 rings (SSSR count). The minimum Gasteiger partial charge on any atom is -0.478 e. The number of hydrogen-bond donors (Lipinski definition) is 2. The second-order valence-electron chi connectivity index (χ2n) is 5.05. The van der Waals surface area contributed by atoms with Crippen LogP contribution in [0.25, 0.3) is 0 Å². The molecule has 2 heterocycles. The molecule has 1 unspecified atom stereocenters. The van der Waals surface area contributed by atoms with E-state index < -0.39 is 0 Å². The second kappa shape index (κ2) is 7.85. The Morgan fingerprint density at radius 3 is 3.15 bits per heavy atom. The summed E-state index contributed by atoms with van der Waals surface area (Å²) in [5, 5.41) is 6.00. The number of rotatable bonds is 7. The van der Waals surface area contributed by atoms with Gasteiger partial charge >= 0.3 is 0 Å². The Hall–Kier alpha value is -1.62. The number of nitrogens with one attached hydrogen (secondary N) is 2. The quantitative estimate of drug-likeness (QED) is 0.751. The van der Waals surface area contributed by atoms with Gasteiger partial charge in [-0.3, -0.25) is 4.79 Å². The third-order valence-electron chi connectivity index (χ3n) is 3.35. The average molecular weight is 277 g/mol. The summed E-state index contributed by atoms with van der Waals surface area (Å²) in [6.07, 6.45) is 5.29. The molecule has 20 heavy (non-hydrogen) atoms. The van der Waals surface area contributed by atoms with Gasteiger partial charge in [0.2, 0.25) is 11.8 Å². The number of carbonyl (C=O) groups is 1. The smallest absolute Gasteiger partial charge is 0.242 e. The second-order valence-corrected chi connectivity index (χ2v) is 5.05. The molecule has 1 aromatic rings. The van der Waals surface area contributed by atoms with Crippen LogP contribution in [0.4, 0.5) is 5.82 Å². The maximum Gasteiger partial charge on any atom is 0.242 e. The third kappa shape index (κ3) is 4.49. The van der Waals surface area contributed by atoms with Crippen molar-refractivity contribution in [1.82, 2.24) is 10.3 Å². The molecule has 1 fully saturated rings. The number of aromatic nitrogens is 1. The summed E-state index contributed by atoms with van der Waals surface area (Å²) in [5.41, 5.74) is 0. The molecule has 2 N–H and O–H groups in total. The van der Waals surface area contributed by atoms with E-state index in [2.05, 4.69) is 22.5 Å². The van der Waals surface area contributed by atoms with E-state index in [-0.39, 0.29) is 11.9 Å². The van der Waals surface area contributed by atoms with Crippen LogP contribution in [0.15, 0.2) is 18.2 Å². The van der Waals surface area contributed by atoms with Gasteiger partial charge in [0, 0.05) is 6.07 Å². The van der Waals surface area contributed by atoms with E-state index >= 15 is 0 Å². The fourth-order valence-corrected chi connectivity index (χ4v) is 2.22. The first-order chi connectivity index (χ1) is 9.79. The minimum atomic E-state index is -0.0917. The van der Waals surface area contributed by atoms with Crippen molar-refractivity contribution in [3.63, 3.8) is 0 Å². The molecule has 1 aliphatic heterocycles. The van der Waals surface area contributed by atoms with Gasteiger partial charge < -0.3 is 15.4 Å². The lowest BCUT2D eigenvalue weighted by atomic mass is 10.2. The number of anilines is 1. The molecular weight excluding hydrogens is 254 g/mol. The molecule has 0 bridgehead atoms. The summed E-state index contributed by atoms with van der Waals surface area (Å²) >= 11 is 0. The first-order valence-electron chi connectivity index (χ1n) is 7.43. The van der Waals surface area contributed by atoms with Gasteiger partial charge in [-0.15, -0.1) is 0 Å². The van der Waals surface area contributed by atoms with Gasteiger partial charge in [0.1, 0.15) is 5.82 Å². The SMILES string of the molecule is CCCCCOc1cccc(NC(=O)C2CCCN2)n1. The number of unbranched alkanes of at least 4 members (excludes halogenated alkanes) is 2. The Morgan fingerprint density at radius 1 is 1.50 bits per heavy atom. The standard InChI is InChI=1S/C15H23N3O2/c1-2-3-4-11-20-14-9-5-8-13(17-14)18-15(19)12-7-6-10-16-12/h5,8-9,12,16H,2-4,6-7,10-11H2,1H3,(H,17,18,19). The monoisotopic (exact) mass is 277 g/mol. The Labute approximate surface area is 120 Å². The topological polar surface area (TPSA) is 63.2 Å². The molecule has 1 amide bonds. The number of ether oxygens (including phenoxy) is 1. The van der Waals surface area contributed by atoms with Gasteiger partial charge in [0.25, 0.3) is 0 Å². The lowest BCUT2D eigenvalue weighted by Crippen LogP contribution is -2.35. The van der Waals surface area contributed by atoms with Crippen molar-refractivity contribution < 1.29 is 9.53 Å². The highest BCUT2D eigenvalue weighted by Crippen LogP contribution is 2.14. The van der Waals surface area contributed by atoms with Crippen molar-refractivity contribution in [3.8, 4) is 5.88 Å². The van der Waals surface area contributed by atoms with Gasteiger partial charge in [-0.1, -0.05) is 25.8 Å². The van der Waals surface area contributed by atoms with Gasteiger partial charge in [-0.05, 0) is 31.9 Å². The Bertz CT molecular complexity index is 431. The zero-order chi connectivity index (χ0) is 14.2. The van der Waals surface area contributed by atoms with E-state index in [1.54, 1.807) is 6.07 Å². The molecule has 0 aromatic carbocycles. The van der Waals surface area contributed by atoms with Crippen LogP contribution in [-0.2, 0) is 4.79 Å². The van der Waals surface area contributed by atoms with Gasteiger partial charge in [0.05, 0.1) is 12.6 Å². The van der Waals surface area contributed by atoms with E-state index in [0.29, 0.717) is 18.3 Å². The molecule has 1 aliphatic rings. The number of nitrogens with zero attached hydrogens (tertiary/aromatic N) is 1. The van der Waals surface area contributed by atoms with Crippen LogP contribution in [0.1, 0.15) is 39.0 Å². The minimum absolute atomic E-state index is 0.0156. The molecule has 5 heteroatoms. The maximum atomic E-state index is 12.0. The predicted molar refractivity (Wildman–Crippen MR) is 78.9 cm³/mol. The van der Waals surface area contributed by atoms with Gasteiger partial charge in [-0.2, -0.15) is 4.98 Å². The highest BCUT2D eigenvalue weighted by Gasteiger charge is 2.22. The molecule has 5 nitrogen and oxygen atoms in total. The van der Waals surface area contributed by atoms with E-state index in [9.17, 15) is 4.79 Å². The van der Waals surface area contributed by atoms with Crippen LogP contribution < -0.4 is 15.4 Å². The van der Waals surface area contributed by atoms with Crippen LogP contribution in [0.2, 0.25) is 0 Å². The first-order valence-corrected chi connectivity index (χ1v) is 7.43. The van der Waals surface area contributed by atoms with Gasteiger partial charge in [-0.25, -0.2) is 0 Å². The number of amides is 1. The normalized spacial score (nSPS) is 17.9. The molecular formula is C15H23N3O2. The lowest BCUT2D eigenvalue weighted by Gasteiger charge is -2.11. The molecule has 1 saturated heterocycles. The summed E-state index contributed by atoms with van der Waals surface area (Å²) in [5.74, 6) is 1.10. The number of pyridine rings is 1. The summed E-state index contributed by atoms with van der Waals surface area (Å²) in [7, 11) is 0. The Balaban J connectivity index is 1.83. The highest BCUT2D eigenvalue weighted by atomic mass is 16.5. The van der Waals surface area contributed by atoms with Crippen LogP contribution in [0, 0.1) is 0 Å². The predicted octanol–water partition coefficient (Wildman–Crippen LogP) is 2.34. The van der Waals surface area contributed by atoms with Crippen LogP contribution in [0.5, 0.6) is 5.88 Å². The summed E-state index contributed by atoms with van der Waals surface area (Å²) in [6.45, 7) is 3.74. The number of carbonyl (C=O) groups excluding carboxylic acids is 1. The van der Waals surface area contributed by atoms with Crippen LogP contribution >= 0.6 is 0 Å². The van der Waals surface area contributed by atoms with Crippen molar-refractivity contribution in [1.29, 1.82) is 0 Å². The van der Waals surface area contributed by atoms with Crippen LogP contribution in [0.3, 0.4) is 0 Å². The number of hydrogen-bond acceptors (Lipinski definition) is 4. The maximum absolute atomic E-state index is 12.0. The summed E-state index contributed by atoms with van der Waals surface area (Å²) in [6, 6.07) is 5.35. The molecule has 1 aromatic heterocycles. The van der Waals surface area contributed by atoms with E-state index in [4.69, 9.17) is 4.74 Å². The van der Waals surface area contributed by atoms with Crippen molar-refractivity contribution in [3.05, 3.63) is 18.2 Å². The average Bonchev–Trinajstić information content (AvgIpc) is 2.98. The lowest BCUT2D eigenvalue weighted by molar-refractivity contribution is -0.117. The Kier molecular flexibility index (Phi) is 5.80. The third-order valence-corrected chi connectivity index (χ3v) is 3.35. The van der Waals surface area contributed by atoms with E-state index in [1.807, 2.05) is 12.1 Å². The zero-order valence-electron chi connectivity index (χ0n) is 12.0. The molecule has 0 aliphatic carbocycles. The van der Waals surface area contributed by atoms with E-state index in [0.717, 1.165) is 32.2 Å². The molecule has 110 valence electrons.